The molecule has 12 heteroatoms. The number of pyridine rings is 3. The molecule has 0 atom stereocenters. The fraction of sp³-hybridized carbons (Fsp3) is 0.438. The number of nitrogens with zero attached hydrogens (tertiary/aromatic N) is 3. The molecule has 0 fully saturated rings. The Hall–Kier alpha value is -3.09. The fourth-order valence-electron chi connectivity index (χ4n) is 3.05. The summed E-state index contributed by atoms with van der Waals surface area (Å²) in [5.41, 5.74) is 0. The predicted molar refractivity (Wildman–Crippen MR) is 178 cm³/mol. The zero-order valence-electron chi connectivity index (χ0n) is 25.7. The summed E-state index contributed by atoms with van der Waals surface area (Å²) in [6, 6.07) is 17.4. The fourth-order valence-corrected chi connectivity index (χ4v) is 5.51. The van der Waals surface area contributed by atoms with Gasteiger partial charge in [-0.25, -0.2) is 15.0 Å². The number of carbonyl (C=O) groups excluding carboxylic acids is 3. The van der Waals surface area contributed by atoms with E-state index in [0.29, 0.717) is 32.5 Å². The molecule has 3 aromatic heterocycles. The van der Waals surface area contributed by atoms with E-state index in [2.05, 4.69) is 19.7 Å². The van der Waals surface area contributed by atoms with E-state index in [1.54, 1.807) is 53.9 Å². The Bertz CT molecular complexity index is 1150. The molecule has 0 saturated heterocycles. The van der Waals surface area contributed by atoms with Crippen molar-refractivity contribution < 1.29 is 28.6 Å². The van der Waals surface area contributed by atoms with Crippen LogP contribution in [0.1, 0.15) is 52.4 Å². The first-order valence-corrected chi connectivity index (χ1v) is 17.4. The standard InChI is InChI=1S/2C11H15NO2S.C10H13NO2S/c1-14-11(13)7-3-5-9-15-10-6-2-4-8-12-10;1-2-14-11(13)7-5-9-15-10-6-3-4-8-12-10;1-2-13-10(12)6-8-14-9-5-3-4-7-11-9/h2,4,6,8H,3,5,7,9H2,1H3;3-4,6,8H,2,5,7,9H2,1H3;3-5,7H,2,6,8H2,1H3. The van der Waals surface area contributed by atoms with Crippen molar-refractivity contribution in [2.45, 2.75) is 67.5 Å². The van der Waals surface area contributed by atoms with Gasteiger partial charge >= 0.3 is 17.9 Å². The maximum atomic E-state index is 11.0. The molecular weight excluding hydrogens is 619 g/mol. The van der Waals surface area contributed by atoms with E-state index in [9.17, 15) is 14.4 Å². The van der Waals surface area contributed by atoms with Gasteiger partial charge in [-0.2, -0.15) is 0 Å². The molecule has 0 saturated carbocycles. The Morgan fingerprint density at radius 1 is 0.568 bits per heavy atom. The van der Waals surface area contributed by atoms with Crippen LogP contribution < -0.4 is 0 Å². The summed E-state index contributed by atoms with van der Waals surface area (Å²) in [5.74, 6) is 2.23. The molecule has 0 N–H and O–H groups in total. The summed E-state index contributed by atoms with van der Waals surface area (Å²) in [4.78, 5) is 45.3. The molecule has 0 unspecified atom stereocenters. The van der Waals surface area contributed by atoms with Gasteiger partial charge in [-0.15, -0.1) is 35.3 Å². The minimum absolute atomic E-state index is 0.112. The summed E-state index contributed by atoms with van der Waals surface area (Å²) < 4.78 is 14.2. The lowest BCUT2D eigenvalue weighted by molar-refractivity contribution is -0.143. The first-order chi connectivity index (χ1) is 21.5. The van der Waals surface area contributed by atoms with Crippen molar-refractivity contribution in [2.24, 2.45) is 0 Å². The highest BCUT2D eigenvalue weighted by Crippen LogP contribution is 2.17. The van der Waals surface area contributed by atoms with E-state index in [1.165, 1.54) is 7.11 Å². The number of hydrogen-bond acceptors (Lipinski definition) is 12. The highest BCUT2D eigenvalue weighted by Gasteiger charge is 2.03. The molecule has 0 bridgehead atoms. The Morgan fingerprint density at radius 3 is 1.43 bits per heavy atom. The summed E-state index contributed by atoms with van der Waals surface area (Å²) in [6.07, 6.45) is 9.47. The lowest BCUT2D eigenvalue weighted by Gasteiger charge is -2.01. The van der Waals surface area contributed by atoms with Gasteiger partial charge in [-0.05, 0) is 75.3 Å². The van der Waals surface area contributed by atoms with Crippen molar-refractivity contribution in [2.75, 3.05) is 37.6 Å². The van der Waals surface area contributed by atoms with E-state index in [1.807, 2.05) is 68.4 Å². The van der Waals surface area contributed by atoms with Gasteiger partial charge in [-0.1, -0.05) is 18.2 Å². The highest BCUT2D eigenvalue weighted by molar-refractivity contribution is 7.99. The number of thioether (sulfide) groups is 3. The maximum absolute atomic E-state index is 11.0. The topological polar surface area (TPSA) is 118 Å². The number of rotatable bonds is 17. The third kappa shape index (κ3) is 22.4. The van der Waals surface area contributed by atoms with Crippen molar-refractivity contribution in [1.29, 1.82) is 0 Å². The molecule has 3 rings (SSSR count). The van der Waals surface area contributed by atoms with E-state index < -0.39 is 0 Å². The normalized spacial score (nSPS) is 9.89. The van der Waals surface area contributed by atoms with Gasteiger partial charge in [0.1, 0.15) is 0 Å². The van der Waals surface area contributed by atoms with E-state index >= 15 is 0 Å². The smallest absolute Gasteiger partial charge is 0.306 e. The number of hydrogen-bond donors (Lipinski definition) is 0. The third-order valence-electron chi connectivity index (χ3n) is 5.11. The molecular formula is C32H43N3O6S3. The van der Waals surface area contributed by atoms with Gasteiger partial charge in [0.05, 0.1) is 41.8 Å². The molecule has 0 aliphatic rings. The first kappa shape index (κ1) is 38.9. The second-order valence-corrected chi connectivity index (χ2v) is 11.9. The van der Waals surface area contributed by atoms with Crippen LogP contribution in [0.2, 0.25) is 0 Å². The lowest BCUT2D eigenvalue weighted by Crippen LogP contribution is -2.04. The third-order valence-corrected chi connectivity index (χ3v) is 8.11. The molecule has 44 heavy (non-hydrogen) atoms. The van der Waals surface area contributed by atoms with Gasteiger partial charge in [0.2, 0.25) is 0 Å². The zero-order valence-corrected chi connectivity index (χ0v) is 28.2. The first-order valence-electron chi connectivity index (χ1n) is 14.5. The molecule has 0 aliphatic heterocycles. The molecule has 0 radical (unpaired) electrons. The van der Waals surface area contributed by atoms with E-state index in [0.717, 1.165) is 51.6 Å². The lowest BCUT2D eigenvalue weighted by atomic mass is 10.2. The molecule has 240 valence electrons. The molecule has 0 aromatic carbocycles. The van der Waals surface area contributed by atoms with Crippen LogP contribution >= 0.6 is 35.3 Å². The minimum Gasteiger partial charge on any atom is -0.469 e. The average Bonchev–Trinajstić information content (AvgIpc) is 3.05. The van der Waals surface area contributed by atoms with Crippen molar-refractivity contribution in [3.05, 3.63) is 73.2 Å². The highest BCUT2D eigenvalue weighted by atomic mass is 32.2. The summed E-state index contributed by atoms with van der Waals surface area (Å²) in [7, 11) is 1.42. The Morgan fingerprint density at radius 2 is 1.00 bits per heavy atom. The van der Waals surface area contributed by atoms with Crippen molar-refractivity contribution in [3.8, 4) is 0 Å². The van der Waals surface area contributed by atoms with Crippen molar-refractivity contribution in [1.82, 2.24) is 15.0 Å². The van der Waals surface area contributed by atoms with Crippen LogP contribution in [-0.2, 0) is 28.6 Å². The minimum atomic E-state index is -0.143. The quantitative estimate of drug-likeness (QED) is 0.0632. The predicted octanol–water partition coefficient (Wildman–Crippen LogP) is 7.16. The van der Waals surface area contributed by atoms with Crippen LogP contribution in [0.3, 0.4) is 0 Å². The Labute approximate surface area is 274 Å². The molecule has 9 nitrogen and oxygen atoms in total. The molecule has 3 aromatic rings. The average molecular weight is 662 g/mol. The van der Waals surface area contributed by atoms with Gasteiger partial charge in [0.25, 0.3) is 0 Å². The number of esters is 3. The van der Waals surface area contributed by atoms with Crippen LogP contribution in [0.25, 0.3) is 0 Å². The summed E-state index contributed by atoms with van der Waals surface area (Å²) in [6.45, 7) is 4.55. The van der Waals surface area contributed by atoms with Crippen molar-refractivity contribution >= 4 is 53.2 Å². The summed E-state index contributed by atoms with van der Waals surface area (Å²) in [5, 5.41) is 2.98. The van der Waals surface area contributed by atoms with E-state index in [-0.39, 0.29) is 17.9 Å². The number of methoxy groups -OCH3 is 1. The van der Waals surface area contributed by atoms with Gasteiger partial charge < -0.3 is 14.2 Å². The molecule has 3 heterocycles. The maximum Gasteiger partial charge on any atom is 0.306 e. The van der Waals surface area contributed by atoms with Crippen LogP contribution in [0, 0.1) is 0 Å². The Kier molecular flexibility index (Phi) is 24.3. The molecule has 0 aliphatic carbocycles. The molecule has 0 spiro atoms. The second-order valence-electron chi connectivity index (χ2n) is 8.55. The number of ether oxygens (including phenoxy) is 3. The van der Waals surface area contributed by atoms with Crippen LogP contribution in [0.15, 0.2) is 88.3 Å². The van der Waals surface area contributed by atoms with E-state index in [4.69, 9.17) is 9.47 Å². The van der Waals surface area contributed by atoms with Crippen LogP contribution in [0.4, 0.5) is 0 Å². The SMILES string of the molecule is CCOC(=O)CCCSc1ccccn1.CCOC(=O)CCSc1ccccn1.COC(=O)CCCCSc1ccccn1. The van der Waals surface area contributed by atoms with Crippen molar-refractivity contribution in [3.63, 3.8) is 0 Å². The zero-order chi connectivity index (χ0) is 32.1. The largest absolute Gasteiger partial charge is 0.469 e. The number of aromatic nitrogens is 3. The summed E-state index contributed by atoms with van der Waals surface area (Å²) >= 11 is 4.94. The number of unbranched alkanes of at least 4 members (excludes halogenated alkanes) is 1. The second kappa shape index (κ2) is 27.5. The monoisotopic (exact) mass is 661 g/mol. The van der Waals surface area contributed by atoms with Crippen LogP contribution in [0.5, 0.6) is 0 Å². The number of carbonyl (C=O) groups is 3. The Balaban J connectivity index is 0.000000330. The molecule has 0 amide bonds. The van der Waals surface area contributed by atoms with Gasteiger partial charge in [-0.3, -0.25) is 14.4 Å². The van der Waals surface area contributed by atoms with Gasteiger partial charge in [0, 0.05) is 42.9 Å². The van der Waals surface area contributed by atoms with Gasteiger partial charge in [0.15, 0.2) is 0 Å². The van der Waals surface area contributed by atoms with Crippen LogP contribution in [-0.4, -0.2) is 70.4 Å².